The number of hydrogen-bond donors (Lipinski definition) is 1. The van der Waals surface area contributed by atoms with E-state index in [0.29, 0.717) is 6.54 Å². The number of hydrogen-bond acceptors (Lipinski definition) is 5. The number of carbonyl (C=O) groups excluding carboxylic acids is 1. The molecule has 1 aromatic rings. The highest BCUT2D eigenvalue weighted by molar-refractivity contribution is 7.11. The van der Waals surface area contributed by atoms with E-state index in [2.05, 4.69) is 15.2 Å². The third-order valence-corrected chi connectivity index (χ3v) is 5.08. The quantitative estimate of drug-likeness (QED) is 0.772. The van der Waals surface area contributed by atoms with Crippen LogP contribution in [0.1, 0.15) is 22.7 Å². The van der Waals surface area contributed by atoms with Gasteiger partial charge >= 0.3 is 0 Å². The molecule has 0 bridgehead atoms. The highest BCUT2D eigenvalue weighted by atomic mass is 35.5. The highest BCUT2D eigenvalue weighted by Gasteiger charge is 2.23. The van der Waals surface area contributed by atoms with E-state index in [4.69, 9.17) is 0 Å². The minimum absolute atomic E-state index is 0. The Hall–Kier alpha value is -0.110. The third-order valence-electron chi connectivity index (χ3n) is 4.18. The van der Waals surface area contributed by atoms with Gasteiger partial charge in [-0.2, -0.15) is 0 Å². The summed E-state index contributed by atoms with van der Waals surface area (Å²) in [7, 11) is 0. The zero-order valence-electron chi connectivity index (χ0n) is 13.9. The van der Waals surface area contributed by atoms with Crippen molar-refractivity contribution in [2.45, 2.75) is 26.3 Å². The van der Waals surface area contributed by atoms with E-state index in [-0.39, 0.29) is 43.1 Å². The lowest BCUT2D eigenvalue weighted by molar-refractivity contribution is -0.132. The number of amides is 1. The summed E-state index contributed by atoms with van der Waals surface area (Å²) in [4.78, 5) is 22.1. The fourth-order valence-corrected chi connectivity index (χ4v) is 3.51. The van der Waals surface area contributed by atoms with E-state index in [9.17, 15) is 4.79 Å². The zero-order chi connectivity index (χ0) is 14.7. The Morgan fingerprint density at radius 1 is 1.25 bits per heavy atom. The van der Waals surface area contributed by atoms with Gasteiger partial charge in [-0.1, -0.05) is 0 Å². The minimum atomic E-state index is 0. The summed E-state index contributed by atoms with van der Waals surface area (Å²) < 4.78 is 0. The number of nitrogens with zero attached hydrogens (tertiary/aromatic N) is 3. The van der Waals surface area contributed by atoms with Crippen LogP contribution in [0.5, 0.6) is 0 Å². The van der Waals surface area contributed by atoms with Crippen molar-refractivity contribution in [1.82, 2.24) is 20.1 Å². The smallest absolute Gasteiger partial charge is 0.236 e. The van der Waals surface area contributed by atoms with Crippen molar-refractivity contribution in [3.8, 4) is 0 Å². The van der Waals surface area contributed by atoms with Gasteiger partial charge in [-0.15, -0.1) is 48.6 Å². The Morgan fingerprint density at radius 3 is 2.46 bits per heavy atom. The van der Waals surface area contributed by atoms with Crippen molar-refractivity contribution < 1.29 is 4.79 Å². The van der Waals surface area contributed by atoms with Gasteiger partial charge in [0.15, 0.2) is 0 Å². The highest BCUT2D eigenvalue weighted by Crippen LogP contribution is 2.27. The van der Waals surface area contributed by atoms with Crippen LogP contribution in [0.25, 0.3) is 0 Å². The van der Waals surface area contributed by atoms with Crippen LogP contribution in [0, 0.1) is 12.8 Å². The average Bonchev–Trinajstić information content (AvgIpc) is 3.21. The van der Waals surface area contributed by atoms with Crippen LogP contribution in [0.3, 0.4) is 0 Å². The number of halogens is 3. The van der Waals surface area contributed by atoms with Crippen LogP contribution in [0.4, 0.5) is 0 Å². The first-order valence-electron chi connectivity index (χ1n) is 7.83. The topological polar surface area (TPSA) is 48.5 Å². The lowest BCUT2D eigenvalue weighted by Gasteiger charge is -2.34. The second-order valence-corrected chi connectivity index (χ2v) is 7.40. The summed E-state index contributed by atoms with van der Waals surface area (Å²) in [6.07, 6.45) is 4.63. The number of rotatable bonds is 6. The van der Waals surface area contributed by atoms with E-state index < -0.39 is 0 Å². The third kappa shape index (κ3) is 7.42. The molecule has 2 heterocycles. The average molecular weight is 418 g/mol. The fourth-order valence-electron chi connectivity index (χ4n) is 2.67. The molecule has 0 spiro atoms. The summed E-state index contributed by atoms with van der Waals surface area (Å²) in [6, 6.07) is 0. The number of carbonyl (C=O) groups is 1. The molecule has 2 fully saturated rings. The second kappa shape index (κ2) is 11.5. The van der Waals surface area contributed by atoms with Crippen LogP contribution in [-0.2, 0) is 11.3 Å². The van der Waals surface area contributed by atoms with Crippen LogP contribution in [0.2, 0.25) is 0 Å². The summed E-state index contributed by atoms with van der Waals surface area (Å²) in [6.45, 7) is 8.15. The maximum Gasteiger partial charge on any atom is 0.236 e. The summed E-state index contributed by atoms with van der Waals surface area (Å²) in [5, 5.41) is 4.41. The van der Waals surface area contributed by atoms with Gasteiger partial charge < -0.3 is 10.2 Å². The largest absolute Gasteiger partial charge is 0.339 e. The molecule has 0 atom stereocenters. The van der Waals surface area contributed by atoms with Crippen LogP contribution in [0.15, 0.2) is 6.20 Å². The molecule has 5 nitrogen and oxygen atoms in total. The molecule has 1 saturated carbocycles. The van der Waals surface area contributed by atoms with Crippen molar-refractivity contribution >= 4 is 54.5 Å². The van der Waals surface area contributed by atoms with Crippen molar-refractivity contribution in [3.63, 3.8) is 0 Å². The molecule has 0 unspecified atom stereocenters. The molecule has 1 aromatic heterocycles. The van der Waals surface area contributed by atoms with Gasteiger partial charge in [0.1, 0.15) is 0 Å². The minimum Gasteiger partial charge on any atom is -0.339 e. The monoisotopic (exact) mass is 416 g/mol. The number of aryl methyl sites for hydroxylation is 1. The van der Waals surface area contributed by atoms with Gasteiger partial charge in [0, 0.05) is 43.8 Å². The number of piperazine rings is 1. The normalized spacial score (nSPS) is 17.5. The molecule has 0 aromatic carbocycles. The van der Waals surface area contributed by atoms with Gasteiger partial charge in [-0.25, -0.2) is 4.98 Å². The standard InChI is InChI=1S/C15H24N4OS.3ClH/c1-12-17-9-14(21-12)11-18-4-6-19(7-5-18)15(20)10-16-8-13-2-3-13;;;/h9,13,16H,2-8,10-11H2,1H3;3*1H. The van der Waals surface area contributed by atoms with E-state index in [1.54, 1.807) is 11.3 Å². The molecule has 140 valence electrons. The SMILES string of the molecule is Cc1ncc(CN2CCN(C(=O)CNCC3CC3)CC2)s1.Cl.Cl.Cl. The molecule has 9 heteroatoms. The first-order valence-corrected chi connectivity index (χ1v) is 8.64. The number of aromatic nitrogens is 1. The van der Waals surface area contributed by atoms with E-state index in [1.165, 1.54) is 17.7 Å². The Balaban J connectivity index is 0.00000176. The Kier molecular flexibility index (Phi) is 11.4. The fraction of sp³-hybridized carbons (Fsp3) is 0.733. The van der Waals surface area contributed by atoms with E-state index >= 15 is 0 Å². The lowest BCUT2D eigenvalue weighted by atomic mass is 10.3. The molecule has 1 aliphatic heterocycles. The Morgan fingerprint density at radius 2 is 1.92 bits per heavy atom. The molecule has 3 rings (SSSR count). The predicted molar refractivity (Wildman–Crippen MR) is 106 cm³/mol. The second-order valence-electron chi connectivity index (χ2n) is 6.08. The van der Waals surface area contributed by atoms with Crippen molar-refractivity contribution in [2.24, 2.45) is 5.92 Å². The van der Waals surface area contributed by atoms with Crippen molar-refractivity contribution in [1.29, 1.82) is 0 Å². The molecule has 0 radical (unpaired) electrons. The van der Waals surface area contributed by atoms with Crippen molar-refractivity contribution in [2.75, 3.05) is 39.3 Å². The van der Waals surface area contributed by atoms with E-state index in [1.807, 2.05) is 18.0 Å². The molecular weight excluding hydrogens is 391 g/mol. The number of thiazole rings is 1. The molecule has 2 aliphatic rings. The maximum absolute atomic E-state index is 12.1. The van der Waals surface area contributed by atoms with Gasteiger partial charge in [0.05, 0.1) is 11.6 Å². The first-order chi connectivity index (χ1) is 10.2. The van der Waals surface area contributed by atoms with Gasteiger partial charge in [0.2, 0.25) is 5.91 Å². The summed E-state index contributed by atoms with van der Waals surface area (Å²) in [5.41, 5.74) is 0. The van der Waals surface area contributed by atoms with Crippen LogP contribution >= 0.6 is 48.6 Å². The molecule has 1 N–H and O–H groups in total. The molecular formula is C15H27Cl3N4OS. The summed E-state index contributed by atoms with van der Waals surface area (Å²) >= 11 is 1.76. The molecule has 1 amide bonds. The molecule has 1 saturated heterocycles. The number of nitrogens with one attached hydrogen (secondary N) is 1. The van der Waals surface area contributed by atoms with Gasteiger partial charge in [-0.3, -0.25) is 9.69 Å². The van der Waals surface area contributed by atoms with Crippen LogP contribution < -0.4 is 5.32 Å². The Labute approximate surface area is 166 Å². The summed E-state index contributed by atoms with van der Waals surface area (Å²) in [5.74, 6) is 1.08. The molecule has 24 heavy (non-hydrogen) atoms. The zero-order valence-corrected chi connectivity index (χ0v) is 17.2. The molecule has 1 aliphatic carbocycles. The predicted octanol–water partition coefficient (Wildman–Crippen LogP) is 2.36. The first kappa shape index (κ1) is 23.9. The van der Waals surface area contributed by atoms with E-state index in [0.717, 1.165) is 50.2 Å². The van der Waals surface area contributed by atoms with Crippen LogP contribution in [-0.4, -0.2) is 60.0 Å². The van der Waals surface area contributed by atoms with Gasteiger partial charge in [-0.05, 0) is 32.2 Å². The van der Waals surface area contributed by atoms with Gasteiger partial charge in [0.25, 0.3) is 0 Å². The lowest BCUT2D eigenvalue weighted by Crippen LogP contribution is -2.50. The maximum atomic E-state index is 12.1. The van der Waals surface area contributed by atoms with Crippen molar-refractivity contribution in [3.05, 3.63) is 16.1 Å². The Bertz CT molecular complexity index is 491.